The summed E-state index contributed by atoms with van der Waals surface area (Å²) in [6.45, 7) is 0. The maximum Gasteiger partial charge on any atom is 0.361 e. The maximum absolute atomic E-state index is 9.96. The highest BCUT2D eigenvalue weighted by Gasteiger charge is 2.20. The minimum atomic E-state index is -4.94. The van der Waals surface area contributed by atoms with E-state index in [2.05, 4.69) is 60.7 Å². The summed E-state index contributed by atoms with van der Waals surface area (Å²) >= 11 is 0. The Hall–Kier alpha value is -4.30. The number of rotatable bonds is 5. The van der Waals surface area contributed by atoms with E-state index in [0.29, 0.717) is 0 Å². The van der Waals surface area contributed by atoms with Crippen molar-refractivity contribution >= 4 is 12.2 Å². The molecule has 0 bridgehead atoms. The Bertz CT molecular complexity index is 1430. The van der Waals surface area contributed by atoms with E-state index in [0.717, 1.165) is 44.9 Å². The second-order valence-electron chi connectivity index (χ2n) is 8.20. The molecule has 0 radical (unpaired) electrons. The average Bonchev–Trinajstić information content (AvgIpc) is 2.93. The van der Waals surface area contributed by atoms with Gasteiger partial charge in [-0.05, 0) is 41.5 Å². The second-order valence-corrected chi connectivity index (χ2v) is 8.95. The number of halogens is 1. The molecule has 5 aromatic rings. The lowest BCUT2D eigenvalue weighted by atomic mass is 10.0. The quantitative estimate of drug-likeness (QED) is 0.275. The summed E-state index contributed by atoms with van der Waals surface area (Å²) in [4.78, 5) is 0. The van der Waals surface area contributed by atoms with Crippen LogP contribution in [-0.4, -0.2) is 5.11 Å². The van der Waals surface area contributed by atoms with Crippen molar-refractivity contribution in [3.63, 3.8) is 0 Å². The molecule has 0 aliphatic carbocycles. The van der Waals surface area contributed by atoms with Gasteiger partial charge in [0.25, 0.3) is 0 Å². The van der Waals surface area contributed by atoms with E-state index in [4.69, 9.17) is 23.1 Å². The van der Waals surface area contributed by atoms with Gasteiger partial charge < -0.3 is 5.11 Å². The van der Waals surface area contributed by atoms with Crippen LogP contribution in [-0.2, 0) is 0 Å². The standard InChI is InChI=1S/C31H22O2.ClHO4/c32-29-14-8-7-11-25(29)18-15-23-16-19-27(20-17-23)31-22-28(24-9-3-1-4-10-24)21-30(33-31)26-12-5-2-6-13-26;2-1(3,4)5/h1-22H;(H,2,3,4,5). The van der Waals surface area contributed by atoms with Gasteiger partial charge in [-0.1, -0.05) is 91.0 Å². The van der Waals surface area contributed by atoms with Crippen molar-refractivity contribution in [2.45, 2.75) is 0 Å². The highest BCUT2D eigenvalue weighted by atomic mass is 35.7. The fourth-order valence-electron chi connectivity index (χ4n) is 3.76. The molecule has 5 rings (SSSR count). The number of hydrogen-bond donors (Lipinski definition) is 1. The van der Waals surface area contributed by atoms with E-state index in [1.54, 1.807) is 6.07 Å². The summed E-state index contributed by atoms with van der Waals surface area (Å²) in [6.07, 6.45) is 3.91. The fraction of sp³-hybridized carbons (Fsp3) is 0. The van der Waals surface area contributed by atoms with E-state index in [-0.39, 0.29) is 5.75 Å². The van der Waals surface area contributed by atoms with Crippen LogP contribution in [0.1, 0.15) is 11.1 Å². The molecule has 0 spiro atoms. The van der Waals surface area contributed by atoms with E-state index in [1.807, 2.05) is 66.7 Å². The van der Waals surface area contributed by atoms with Crippen molar-refractivity contribution in [2.75, 3.05) is 0 Å². The largest absolute Gasteiger partial charge is 0.507 e. The summed E-state index contributed by atoms with van der Waals surface area (Å²) in [5.74, 6) is 1.91. The molecule has 38 heavy (non-hydrogen) atoms. The third-order valence-corrected chi connectivity index (χ3v) is 5.55. The number of para-hydroxylation sites is 1. The van der Waals surface area contributed by atoms with Crippen LogP contribution in [0.5, 0.6) is 5.75 Å². The van der Waals surface area contributed by atoms with Crippen LogP contribution in [0.25, 0.3) is 45.9 Å². The first-order valence-corrected chi connectivity index (χ1v) is 12.8. The van der Waals surface area contributed by atoms with Crippen molar-refractivity contribution in [1.82, 2.24) is 0 Å². The lowest BCUT2D eigenvalue weighted by molar-refractivity contribution is -2.00. The molecule has 0 atom stereocenters. The van der Waals surface area contributed by atoms with Crippen LogP contribution in [0.15, 0.2) is 126 Å². The third-order valence-electron chi connectivity index (χ3n) is 5.55. The number of hydrogen-bond acceptors (Lipinski definition) is 5. The minimum Gasteiger partial charge on any atom is -0.507 e. The fourth-order valence-corrected chi connectivity index (χ4v) is 3.76. The SMILES string of the molecule is Oc1ccccc1C=Cc1ccc(-c2cc(-c3ccccc3)cc(-c3ccccc3)[o+]2)cc1.[O-][Cl+3]([O-])([O-])[O-]. The van der Waals surface area contributed by atoms with Crippen molar-refractivity contribution in [1.29, 1.82) is 0 Å². The zero-order chi connectivity index (χ0) is 27.0. The van der Waals surface area contributed by atoms with Crippen molar-refractivity contribution in [2.24, 2.45) is 0 Å². The Labute approximate surface area is 222 Å². The van der Waals surface area contributed by atoms with Crippen LogP contribution in [0, 0.1) is 10.2 Å². The van der Waals surface area contributed by atoms with E-state index in [1.165, 1.54) is 0 Å². The van der Waals surface area contributed by atoms with Crippen molar-refractivity contribution < 1.29 is 38.4 Å². The number of phenols is 1. The van der Waals surface area contributed by atoms with Gasteiger partial charge in [0, 0.05) is 11.1 Å². The number of aromatic hydroxyl groups is 1. The molecule has 1 N–H and O–H groups in total. The molecule has 0 saturated carbocycles. The van der Waals surface area contributed by atoms with Gasteiger partial charge in [-0.25, -0.2) is 23.1 Å². The van der Waals surface area contributed by atoms with Crippen LogP contribution < -0.4 is 18.6 Å². The minimum absolute atomic E-state index is 0.273. The lowest BCUT2D eigenvalue weighted by Gasteiger charge is -2.17. The van der Waals surface area contributed by atoms with Gasteiger partial charge in [0.1, 0.15) is 5.75 Å². The average molecular weight is 527 g/mol. The van der Waals surface area contributed by atoms with Gasteiger partial charge in [0.2, 0.25) is 0 Å². The van der Waals surface area contributed by atoms with Gasteiger partial charge in [0.15, 0.2) is 0 Å². The predicted octanol–water partition coefficient (Wildman–Crippen LogP) is 3.68. The van der Waals surface area contributed by atoms with Crippen LogP contribution in [0.2, 0.25) is 0 Å². The highest BCUT2D eigenvalue weighted by molar-refractivity contribution is 5.76. The lowest BCUT2D eigenvalue weighted by Crippen LogP contribution is -2.68. The monoisotopic (exact) mass is 526 g/mol. The Morgan fingerprint density at radius 3 is 1.55 bits per heavy atom. The topological polar surface area (TPSA) is 124 Å². The van der Waals surface area contributed by atoms with Gasteiger partial charge in [0.05, 0.1) is 23.3 Å². The maximum atomic E-state index is 9.96. The Balaban J connectivity index is 0.000000617. The summed E-state index contributed by atoms with van der Waals surface area (Å²) in [5.41, 5.74) is 6.14. The van der Waals surface area contributed by atoms with Gasteiger partial charge >= 0.3 is 11.5 Å². The molecule has 0 amide bonds. The molecule has 0 saturated heterocycles. The molecule has 6 nitrogen and oxygen atoms in total. The molecular weight excluding hydrogens is 504 g/mol. The Kier molecular flexibility index (Phi) is 8.66. The van der Waals surface area contributed by atoms with E-state index in [9.17, 15) is 5.11 Å². The van der Waals surface area contributed by atoms with Crippen LogP contribution >= 0.6 is 0 Å². The van der Waals surface area contributed by atoms with Crippen molar-refractivity contribution in [3.05, 3.63) is 132 Å². The van der Waals surface area contributed by atoms with Gasteiger partial charge in [-0.2, -0.15) is 0 Å². The first kappa shape index (κ1) is 26.8. The molecule has 0 unspecified atom stereocenters. The third kappa shape index (κ3) is 7.85. The van der Waals surface area contributed by atoms with E-state index >= 15 is 0 Å². The molecule has 190 valence electrons. The summed E-state index contributed by atoms with van der Waals surface area (Å²) in [7, 11) is -4.94. The zero-order valence-corrected chi connectivity index (χ0v) is 20.8. The van der Waals surface area contributed by atoms with Gasteiger partial charge in [-0.15, -0.1) is 10.2 Å². The smallest absolute Gasteiger partial charge is 0.361 e. The van der Waals surface area contributed by atoms with Gasteiger partial charge in [-0.3, -0.25) is 0 Å². The number of phenolic OH excluding ortho intramolecular Hbond substituents is 1. The highest BCUT2D eigenvalue weighted by Crippen LogP contribution is 2.33. The molecular formula is C31H23ClO6. The summed E-state index contributed by atoms with van der Waals surface area (Å²) in [6, 6.07) is 40.2. The Morgan fingerprint density at radius 2 is 1.00 bits per heavy atom. The normalized spacial score (nSPS) is 11.2. The molecule has 1 aromatic heterocycles. The summed E-state index contributed by atoms with van der Waals surface area (Å²) < 4.78 is 40.3. The van der Waals surface area contributed by atoms with Crippen LogP contribution in [0.4, 0.5) is 0 Å². The van der Waals surface area contributed by atoms with E-state index < -0.39 is 10.2 Å². The molecule has 0 aliphatic rings. The molecule has 1 heterocycles. The molecule has 4 aromatic carbocycles. The molecule has 7 heteroatoms. The van der Waals surface area contributed by atoms with Crippen molar-refractivity contribution in [3.8, 4) is 39.5 Å². The predicted molar refractivity (Wildman–Crippen MR) is 136 cm³/mol. The summed E-state index contributed by atoms with van der Waals surface area (Å²) in [5, 5.41) is 9.96. The van der Waals surface area contributed by atoms with Crippen LogP contribution in [0.3, 0.4) is 0 Å². The molecule has 0 fully saturated rings. The first-order chi connectivity index (χ1) is 18.3. The second kappa shape index (κ2) is 12.3. The Morgan fingerprint density at radius 1 is 0.526 bits per heavy atom. The number of benzene rings is 4. The molecule has 0 aliphatic heterocycles. The zero-order valence-electron chi connectivity index (χ0n) is 20.1. The first-order valence-electron chi connectivity index (χ1n) is 11.5.